The molecule has 0 aromatic heterocycles. The fraction of sp³-hybridized carbons (Fsp3) is 0.263. The summed E-state index contributed by atoms with van der Waals surface area (Å²) in [6.07, 6.45) is 0. The van der Waals surface area contributed by atoms with E-state index in [1.807, 2.05) is 53.8 Å². The van der Waals surface area contributed by atoms with E-state index in [-0.39, 0.29) is 24.5 Å². The third kappa shape index (κ3) is 5.69. The molecule has 6 heteroatoms. The van der Waals surface area contributed by atoms with E-state index in [1.165, 1.54) is 6.92 Å². The lowest BCUT2D eigenvalue weighted by atomic mass is 9.97. The van der Waals surface area contributed by atoms with Gasteiger partial charge in [0.15, 0.2) is 6.54 Å². The lowest BCUT2D eigenvalue weighted by Crippen LogP contribution is -2.87. The maximum Gasteiger partial charge on any atom is 0.361 e. The number of nitrogens with one attached hydrogen (secondary N) is 1. The van der Waals surface area contributed by atoms with Crippen LogP contribution in [0, 0.1) is 0 Å². The molecule has 0 aliphatic rings. The molecule has 2 rings (SSSR count). The number of carbonyl (C=O) groups is 2. The van der Waals surface area contributed by atoms with Gasteiger partial charge in [0, 0.05) is 22.5 Å². The fourth-order valence-corrected chi connectivity index (χ4v) is 3.01. The van der Waals surface area contributed by atoms with Gasteiger partial charge in [0.1, 0.15) is 6.04 Å². The molecule has 2 aromatic rings. The van der Waals surface area contributed by atoms with E-state index < -0.39 is 0 Å². The molecule has 3 N–H and O–H groups in total. The topological polar surface area (TPSA) is 72.0 Å². The summed E-state index contributed by atoms with van der Waals surface area (Å²) in [6, 6.07) is 15.4. The summed E-state index contributed by atoms with van der Waals surface area (Å²) in [5, 5.41) is 4.78. The number of nitrogens with two attached hydrogens (primary N) is 1. The van der Waals surface area contributed by atoms with Gasteiger partial charge in [0.25, 0.3) is 0 Å². The number of hydrogen-bond acceptors (Lipinski definition) is 3. The molecule has 0 fully saturated rings. The molecule has 0 aliphatic heterocycles. The van der Waals surface area contributed by atoms with Gasteiger partial charge < -0.3 is 15.4 Å². The van der Waals surface area contributed by atoms with E-state index in [0.29, 0.717) is 6.61 Å². The second-order valence-corrected chi connectivity index (χ2v) is 6.46. The molecule has 0 aliphatic carbocycles. The van der Waals surface area contributed by atoms with E-state index >= 15 is 0 Å². The minimum absolute atomic E-state index is 0.138. The van der Waals surface area contributed by atoms with E-state index in [0.717, 1.165) is 21.3 Å². The van der Waals surface area contributed by atoms with Gasteiger partial charge in [-0.05, 0) is 25.1 Å². The number of halogens is 1. The van der Waals surface area contributed by atoms with Crippen molar-refractivity contribution in [2.45, 2.75) is 19.9 Å². The molecular formula is C19H22BrN2O3+. The molecule has 0 unspecified atom stereocenters. The first-order valence-electron chi connectivity index (χ1n) is 8.12. The maximum absolute atomic E-state index is 11.8. The van der Waals surface area contributed by atoms with Gasteiger partial charge in [-0.15, -0.1) is 0 Å². The van der Waals surface area contributed by atoms with E-state index in [9.17, 15) is 9.59 Å². The number of quaternary nitrogens is 1. The highest BCUT2D eigenvalue weighted by atomic mass is 79.9. The number of anilines is 1. The highest BCUT2D eigenvalue weighted by Crippen LogP contribution is 2.29. The van der Waals surface area contributed by atoms with Crippen molar-refractivity contribution in [1.82, 2.24) is 0 Å². The molecule has 25 heavy (non-hydrogen) atoms. The molecular weight excluding hydrogens is 384 g/mol. The van der Waals surface area contributed by atoms with Crippen LogP contribution in [0.2, 0.25) is 0 Å². The van der Waals surface area contributed by atoms with Crippen LogP contribution >= 0.6 is 15.9 Å². The summed E-state index contributed by atoms with van der Waals surface area (Å²) in [7, 11) is 0. The Kier molecular flexibility index (Phi) is 7.16. The van der Waals surface area contributed by atoms with Crippen molar-refractivity contribution in [3.8, 4) is 0 Å². The van der Waals surface area contributed by atoms with E-state index in [1.54, 1.807) is 6.92 Å². The van der Waals surface area contributed by atoms with E-state index in [4.69, 9.17) is 4.74 Å². The summed E-state index contributed by atoms with van der Waals surface area (Å²) < 4.78 is 5.94. The van der Waals surface area contributed by atoms with Crippen LogP contribution < -0.4 is 10.6 Å². The Morgan fingerprint density at radius 1 is 1.20 bits per heavy atom. The van der Waals surface area contributed by atoms with Crippen LogP contribution in [0.1, 0.15) is 31.0 Å². The van der Waals surface area contributed by atoms with Crippen LogP contribution in [-0.2, 0) is 14.3 Å². The molecule has 1 atom stereocenters. The predicted molar refractivity (Wildman–Crippen MR) is 100 cm³/mol. The minimum Gasteiger partial charge on any atom is -0.462 e. The Morgan fingerprint density at radius 3 is 2.56 bits per heavy atom. The molecule has 1 amide bonds. The third-order valence-corrected chi connectivity index (χ3v) is 4.14. The van der Waals surface area contributed by atoms with Crippen molar-refractivity contribution < 1.29 is 19.6 Å². The van der Waals surface area contributed by atoms with Crippen LogP contribution in [0.4, 0.5) is 5.69 Å². The quantitative estimate of drug-likeness (QED) is 0.695. The van der Waals surface area contributed by atoms with Crippen molar-refractivity contribution in [3.63, 3.8) is 0 Å². The molecule has 0 bridgehead atoms. The summed E-state index contributed by atoms with van der Waals surface area (Å²) >= 11 is 3.49. The van der Waals surface area contributed by atoms with Gasteiger partial charge in [-0.25, -0.2) is 4.79 Å². The molecule has 2 aromatic carbocycles. The molecule has 0 spiro atoms. The highest BCUT2D eigenvalue weighted by molar-refractivity contribution is 9.10. The van der Waals surface area contributed by atoms with Crippen molar-refractivity contribution in [1.29, 1.82) is 0 Å². The van der Waals surface area contributed by atoms with E-state index in [2.05, 4.69) is 21.2 Å². The number of ether oxygens (including phenoxy) is 1. The third-order valence-electron chi connectivity index (χ3n) is 3.64. The van der Waals surface area contributed by atoms with Crippen LogP contribution in [0.25, 0.3) is 0 Å². The van der Waals surface area contributed by atoms with Gasteiger partial charge >= 0.3 is 5.97 Å². The Labute approximate surface area is 155 Å². The molecule has 0 radical (unpaired) electrons. The smallest absolute Gasteiger partial charge is 0.361 e. The summed E-state index contributed by atoms with van der Waals surface area (Å²) in [4.78, 5) is 23.4. The first-order chi connectivity index (χ1) is 12.0. The number of hydrogen-bond donors (Lipinski definition) is 2. The van der Waals surface area contributed by atoms with Crippen molar-refractivity contribution in [3.05, 3.63) is 64.1 Å². The van der Waals surface area contributed by atoms with Gasteiger partial charge in [0.05, 0.1) is 12.3 Å². The molecule has 132 valence electrons. The zero-order chi connectivity index (χ0) is 18.2. The first-order valence-corrected chi connectivity index (χ1v) is 8.91. The highest BCUT2D eigenvalue weighted by Gasteiger charge is 2.23. The molecule has 0 heterocycles. The van der Waals surface area contributed by atoms with Gasteiger partial charge in [-0.1, -0.05) is 46.3 Å². The largest absolute Gasteiger partial charge is 0.462 e. The average Bonchev–Trinajstić information content (AvgIpc) is 2.58. The lowest BCUT2D eigenvalue weighted by Gasteiger charge is -2.20. The van der Waals surface area contributed by atoms with Gasteiger partial charge in [0.2, 0.25) is 5.91 Å². The molecule has 0 saturated carbocycles. The normalized spacial score (nSPS) is 11.6. The number of benzene rings is 2. The predicted octanol–water partition coefficient (Wildman–Crippen LogP) is 2.62. The standard InChI is InChI=1S/C19H21BrN2O3/c1-3-25-18(24)12-21-19(14-7-5-4-6-8-14)16-11-15(20)9-10-17(16)22-13(2)23/h4-11,19,21H,3,12H2,1-2H3,(H,22,23)/p+1/t19-/m0/s1. The minimum atomic E-state index is -0.264. The number of amides is 1. The summed E-state index contributed by atoms with van der Waals surface area (Å²) in [5.74, 6) is -0.403. The Balaban J connectivity index is 2.39. The lowest BCUT2D eigenvalue weighted by molar-refractivity contribution is -0.677. The molecule has 0 saturated heterocycles. The fourth-order valence-electron chi connectivity index (χ4n) is 2.63. The van der Waals surface area contributed by atoms with Crippen LogP contribution in [-0.4, -0.2) is 25.0 Å². The Hall–Kier alpha value is -2.18. The van der Waals surface area contributed by atoms with Crippen molar-refractivity contribution in [2.24, 2.45) is 0 Å². The second kappa shape index (κ2) is 9.34. The monoisotopic (exact) mass is 405 g/mol. The van der Waals surface area contributed by atoms with Gasteiger partial charge in [-0.3, -0.25) is 4.79 Å². The van der Waals surface area contributed by atoms with Crippen molar-refractivity contribution >= 4 is 33.5 Å². The van der Waals surface area contributed by atoms with Crippen LogP contribution in [0.3, 0.4) is 0 Å². The zero-order valence-corrected chi connectivity index (χ0v) is 15.9. The maximum atomic E-state index is 11.8. The van der Waals surface area contributed by atoms with Crippen molar-refractivity contribution in [2.75, 3.05) is 18.5 Å². The number of rotatable bonds is 7. The molecule has 5 nitrogen and oxygen atoms in total. The van der Waals surface area contributed by atoms with Crippen LogP contribution in [0.15, 0.2) is 53.0 Å². The first kappa shape index (κ1) is 19.1. The second-order valence-electron chi connectivity index (χ2n) is 5.55. The zero-order valence-electron chi connectivity index (χ0n) is 14.3. The number of carbonyl (C=O) groups excluding carboxylic acids is 2. The number of esters is 1. The summed E-state index contributed by atoms with van der Waals surface area (Å²) in [5.41, 5.74) is 2.68. The SMILES string of the molecule is CCOC(=O)C[NH2+][C@@H](c1ccccc1)c1cc(Br)ccc1NC(C)=O. The Bertz CT molecular complexity index is 735. The Morgan fingerprint density at radius 2 is 1.92 bits per heavy atom. The summed E-state index contributed by atoms with van der Waals surface area (Å²) in [6.45, 7) is 3.82. The van der Waals surface area contributed by atoms with Crippen LogP contribution in [0.5, 0.6) is 0 Å². The van der Waals surface area contributed by atoms with Gasteiger partial charge in [-0.2, -0.15) is 0 Å². The average molecular weight is 406 g/mol.